The van der Waals surface area contributed by atoms with Crippen LogP contribution in [0.4, 0.5) is 10.1 Å². The number of halogens is 3. The zero-order valence-electron chi connectivity index (χ0n) is 8.95. The van der Waals surface area contributed by atoms with Gasteiger partial charge in [-0.1, -0.05) is 6.07 Å². The monoisotopic (exact) mass is 372 g/mol. The Morgan fingerprint density at radius 3 is 2.72 bits per heavy atom. The first kappa shape index (κ1) is 13.2. The zero-order valence-corrected chi connectivity index (χ0v) is 12.1. The van der Waals surface area contributed by atoms with Crippen molar-refractivity contribution in [2.24, 2.45) is 0 Å². The van der Waals surface area contributed by atoms with E-state index in [1.807, 2.05) is 0 Å². The van der Waals surface area contributed by atoms with Gasteiger partial charge in [-0.25, -0.2) is 9.37 Å². The predicted molar refractivity (Wildman–Crippen MR) is 74.0 cm³/mol. The van der Waals surface area contributed by atoms with Crippen molar-refractivity contribution < 1.29 is 9.18 Å². The van der Waals surface area contributed by atoms with Gasteiger partial charge in [-0.05, 0) is 56.1 Å². The molecular weight excluding hydrogens is 367 g/mol. The van der Waals surface area contributed by atoms with Crippen LogP contribution in [0.1, 0.15) is 10.4 Å². The number of pyridine rings is 1. The summed E-state index contributed by atoms with van der Waals surface area (Å²) in [7, 11) is 0. The lowest BCUT2D eigenvalue weighted by Crippen LogP contribution is -2.13. The molecule has 0 aliphatic rings. The average molecular weight is 374 g/mol. The number of anilines is 1. The Morgan fingerprint density at radius 1 is 1.28 bits per heavy atom. The molecule has 0 bridgehead atoms. The second-order valence-electron chi connectivity index (χ2n) is 3.42. The highest BCUT2D eigenvalue weighted by Gasteiger charge is 2.12. The topological polar surface area (TPSA) is 42.0 Å². The summed E-state index contributed by atoms with van der Waals surface area (Å²) in [6, 6.07) is 7.60. The first-order valence-electron chi connectivity index (χ1n) is 4.95. The number of hydrogen-bond acceptors (Lipinski definition) is 2. The van der Waals surface area contributed by atoms with Gasteiger partial charge in [0.25, 0.3) is 5.91 Å². The van der Waals surface area contributed by atoms with Gasteiger partial charge < -0.3 is 5.32 Å². The van der Waals surface area contributed by atoms with Crippen molar-refractivity contribution in [3.05, 3.63) is 57.0 Å². The maximum Gasteiger partial charge on any atom is 0.255 e. The molecule has 92 valence electrons. The Hall–Kier alpha value is -1.27. The summed E-state index contributed by atoms with van der Waals surface area (Å²) in [5.74, 6) is -0.894. The molecule has 2 rings (SSSR count). The third-order valence-corrected chi connectivity index (χ3v) is 3.28. The summed E-state index contributed by atoms with van der Waals surface area (Å²) in [4.78, 5) is 15.8. The molecule has 18 heavy (non-hydrogen) atoms. The molecule has 3 nitrogen and oxygen atoms in total. The number of carbonyl (C=O) groups is 1. The Balaban J connectivity index is 2.27. The van der Waals surface area contributed by atoms with Crippen LogP contribution >= 0.6 is 31.9 Å². The van der Waals surface area contributed by atoms with Crippen molar-refractivity contribution in [2.75, 3.05) is 5.32 Å². The average Bonchev–Trinajstić information content (AvgIpc) is 2.34. The molecule has 0 spiro atoms. The Kier molecular flexibility index (Phi) is 4.08. The van der Waals surface area contributed by atoms with Crippen LogP contribution in [0.2, 0.25) is 0 Å². The molecule has 1 N–H and O–H groups in total. The Morgan fingerprint density at radius 2 is 2.06 bits per heavy atom. The van der Waals surface area contributed by atoms with Gasteiger partial charge in [0.05, 0.1) is 5.69 Å². The summed E-state index contributed by atoms with van der Waals surface area (Å²) in [5.41, 5.74) is 0.516. The quantitative estimate of drug-likeness (QED) is 0.808. The normalized spacial score (nSPS) is 10.2. The molecule has 0 fully saturated rings. The minimum Gasteiger partial charge on any atom is -0.319 e. The first-order chi connectivity index (χ1) is 8.58. The maximum atomic E-state index is 13.5. The first-order valence-corrected chi connectivity index (χ1v) is 6.53. The smallest absolute Gasteiger partial charge is 0.255 e. The Bertz CT molecular complexity index is 584. The van der Waals surface area contributed by atoms with Crippen LogP contribution in [-0.2, 0) is 0 Å². The van der Waals surface area contributed by atoms with Crippen molar-refractivity contribution >= 4 is 43.5 Å². The van der Waals surface area contributed by atoms with Gasteiger partial charge in [0, 0.05) is 16.2 Å². The molecule has 0 radical (unpaired) electrons. The van der Waals surface area contributed by atoms with E-state index >= 15 is 0 Å². The van der Waals surface area contributed by atoms with E-state index in [4.69, 9.17) is 0 Å². The van der Waals surface area contributed by atoms with E-state index in [1.54, 1.807) is 24.3 Å². The second kappa shape index (κ2) is 5.58. The van der Waals surface area contributed by atoms with Crippen LogP contribution in [0.25, 0.3) is 0 Å². The number of amides is 1. The summed E-state index contributed by atoms with van der Waals surface area (Å²) < 4.78 is 14.6. The van der Waals surface area contributed by atoms with Crippen LogP contribution in [0.15, 0.2) is 45.6 Å². The minimum absolute atomic E-state index is 0.121. The van der Waals surface area contributed by atoms with E-state index in [2.05, 4.69) is 42.2 Å². The van der Waals surface area contributed by atoms with Crippen LogP contribution < -0.4 is 5.32 Å². The largest absolute Gasteiger partial charge is 0.319 e. The fourth-order valence-electron chi connectivity index (χ4n) is 1.35. The van der Waals surface area contributed by atoms with Gasteiger partial charge >= 0.3 is 0 Å². The van der Waals surface area contributed by atoms with Crippen LogP contribution in [0.5, 0.6) is 0 Å². The molecule has 0 aliphatic carbocycles. The van der Waals surface area contributed by atoms with Gasteiger partial charge in [0.1, 0.15) is 10.4 Å². The second-order valence-corrected chi connectivity index (χ2v) is 5.08. The van der Waals surface area contributed by atoms with Crippen LogP contribution in [0, 0.1) is 5.82 Å². The molecule has 2 aromatic rings. The van der Waals surface area contributed by atoms with Gasteiger partial charge in [0.2, 0.25) is 0 Å². The van der Waals surface area contributed by atoms with Crippen molar-refractivity contribution in [3.63, 3.8) is 0 Å². The molecule has 1 amide bonds. The molecule has 1 heterocycles. The summed E-state index contributed by atoms with van der Waals surface area (Å²) in [6.07, 6.45) is 1.50. The number of carbonyl (C=O) groups excluding carboxylic acids is 1. The molecule has 0 saturated heterocycles. The Labute approximate surface area is 120 Å². The highest BCUT2D eigenvalue weighted by atomic mass is 79.9. The van der Waals surface area contributed by atoms with E-state index < -0.39 is 11.7 Å². The maximum absolute atomic E-state index is 13.5. The fourth-order valence-corrected chi connectivity index (χ4v) is 2.15. The fraction of sp³-hybridized carbons (Fsp3) is 0. The standard InChI is InChI=1S/C12H7Br2FN2O/c13-8-2-1-3-9(15)11(8)17-12(18)7-4-5-16-10(14)6-7/h1-6H,(H,17,18). The van der Waals surface area contributed by atoms with E-state index in [0.717, 1.165) is 0 Å². The molecular formula is C12H7Br2FN2O. The van der Waals surface area contributed by atoms with E-state index in [0.29, 0.717) is 14.6 Å². The lowest BCUT2D eigenvalue weighted by Gasteiger charge is -2.08. The van der Waals surface area contributed by atoms with Crippen molar-refractivity contribution in [2.45, 2.75) is 0 Å². The number of hydrogen-bond donors (Lipinski definition) is 1. The third kappa shape index (κ3) is 2.94. The van der Waals surface area contributed by atoms with Gasteiger partial charge in [-0.3, -0.25) is 4.79 Å². The summed E-state index contributed by atoms with van der Waals surface area (Å²) in [5, 5.41) is 2.51. The van der Waals surface area contributed by atoms with Gasteiger partial charge in [0.15, 0.2) is 0 Å². The molecule has 0 saturated carbocycles. The van der Waals surface area contributed by atoms with Crippen LogP contribution in [0.3, 0.4) is 0 Å². The lowest BCUT2D eigenvalue weighted by molar-refractivity contribution is 0.102. The third-order valence-electron chi connectivity index (χ3n) is 2.19. The minimum atomic E-state index is -0.495. The predicted octanol–water partition coefficient (Wildman–Crippen LogP) is 4.00. The molecule has 0 aliphatic heterocycles. The van der Waals surface area contributed by atoms with Crippen LogP contribution in [-0.4, -0.2) is 10.9 Å². The van der Waals surface area contributed by atoms with Crippen molar-refractivity contribution in [3.8, 4) is 0 Å². The summed E-state index contributed by atoms with van der Waals surface area (Å²) in [6.45, 7) is 0. The lowest BCUT2D eigenvalue weighted by atomic mass is 10.2. The molecule has 0 unspecified atom stereocenters. The number of nitrogens with zero attached hydrogens (tertiary/aromatic N) is 1. The van der Waals surface area contributed by atoms with Gasteiger partial charge in [-0.15, -0.1) is 0 Å². The van der Waals surface area contributed by atoms with Crippen molar-refractivity contribution in [1.29, 1.82) is 0 Å². The van der Waals surface area contributed by atoms with E-state index in [-0.39, 0.29) is 5.69 Å². The number of rotatable bonds is 2. The highest BCUT2D eigenvalue weighted by Crippen LogP contribution is 2.25. The molecule has 1 aromatic heterocycles. The number of para-hydroxylation sites is 1. The highest BCUT2D eigenvalue weighted by molar-refractivity contribution is 9.10. The molecule has 1 aromatic carbocycles. The van der Waals surface area contributed by atoms with Gasteiger partial charge in [-0.2, -0.15) is 0 Å². The summed E-state index contributed by atoms with van der Waals surface area (Å²) >= 11 is 6.36. The number of nitrogens with one attached hydrogen (secondary N) is 1. The SMILES string of the molecule is O=C(Nc1c(F)cccc1Br)c1ccnc(Br)c1. The molecule has 6 heteroatoms. The number of aromatic nitrogens is 1. The number of benzene rings is 1. The van der Waals surface area contributed by atoms with E-state index in [9.17, 15) is 9.18 Å². The van der Waals surface area contributed by atoms with Crippen molar-refractivity contribution in [1.82, 2.24) is 4.98 Å². The zero-order chi connectivity index (χ0) is 13.1. The molecule has 0 atom stereocenters. The van der Waals surface area contributed by atoms with E-state index in [1.165, 1.54) is 12.3 Å².